The van der Waals surface area contributed by atoms with Crippen molar-refractivity contribution in [2.45, 2.75) is 33.4 Å². The van der Waals surface area contributed by atoms with Crippen LogP contribution in [0.15, 0.2) is 0 Å². The van der Waals surface area contributed by atoms with Crippen LogP contribution in [0.1, 0.15) is 27.8 Å². The summed E-state index contributed by atoms with van der Waals surface area (Å²) in [5.74, 6) is -1.81. The number of hydrogen-bond acceptors (Lipinski definition) is 7. The fourth-order valence-corrected chi connectivity index (χ4v) is 2.86. The first kappa shape index (κ1) is 17.2. The highest BCUT2D eigenvalue weighted by Crippen LogP contribution is 2.27. The summed E-state index contributed by atoms with van der Waals surface area (Å²) in [6, 6.07) is 0. The van der Waals surface area contributed by atoms with Crippen LogP contribution in [-0.4, -0.2) is 35.7 Å². The molecule has 0 spiro atoms. The van der Waals surface area contributed by atoms with E-state index < -0.39 is 12.0 Å². The Labute approximate surface area is 143 Å². The van der Waals surface area contributed by atoms with Crippen LogP contribution in [0.2, 0.25) is 0 Å². The highest BCUT2D eigenvalue weighted by molar-refractivity contribution is 7.15. The molecule has 25 heavy (non-hydrogen) atoms. The maximum Gasteiger partial charge on any atom is 0.453 e. The Morgan fingerprint density at radius 1 is 1.20 bits per heavy atom. The lowest BCUT2D eigenvalue weighted by atomic mass is 10.1. The SMILES string of the molecule is Cc1nnc(NC(=O)Cc2c(C)nc3nc(C(F)(F)F)nn3c2C)s1. The van der Waals surface area contributed by atoms with Gasteiger partial charge in [0.05, 0.1) is 6.42 Å². The zero-order valence-electron chi connectivity index (χ0n) is 13.3. The normalized spacial score (nSPS) is 11.9. The number of rotatable bonds is 3. The summed E-state index contributed by atoms with van der Waals surface area (Å²) in [5, 5.41) is 14.7. The lowest BCUT2D eigenvalue weighted by Gasteiger charge is -2.09. The molecule has 0 aliphatic carbocycles. The van der Waals surface area contributed by atoms with E-state index in [4.69, 9.17) is 0 Å². The number of aryl methyl sites for hydroxylation is 3. The summed E-state index contributed by atoms with van der Waals surface area (Å²) in [5.41, 5.74) is 1.26. The van der Waals surface area contributed by atoms with Crippen molar-refractivity contribution in [2.24, 2.45) is 0 Å². The van der Waals surface area contributed by atoms with Gasteiger partial charge in [-0.1, -0.05) is 11.3 Å². The van der Waals surface area contributed by atoms with Crippen LogP contribution in [0, 0.1) is 20.8 Å². The minimum absolute atomic E-state index is 0.0829. The molecule has 0 aliphatic rings. The molecule has 0 saturated carbocycles. The molecule has 3 aromatic heterocycles. The molecule has 0 saturated heterocycles. The van der Waals surface area contributed by atoms with Gasteiger partial charge in [-0.15, -0.1) is 15.3 Å². The van der Waals surface area contributed by atoms with Gasteiger partial charge in [0.15, 0.2) is 0 Å². The van der Waals surface area contributed by atoms with E-state index >= 15 is 0 Å². The molecule has 0 atom stereocenters. The molecule has 0 aliphatic heterocycles. The highest BCUT2D eigenvalue weighted by atomic mass is 32.1. The summed E-state index contributed by atoms with van der Waals surface area (Å²) < 4.78 is 39.3. The topological polar surface area (TPSA) is 98.0 Å². The van der Waals surface area contributed by atoms with Crippen LogP contribution in [0.5, 0.6) is 0 Å². The number of nitrogens with one attached hydrogen (secondary N) is 1. The number of fused-ring (bicyclic) bond motifs is 1. The first-order valence-electron chi connectivity index (χ1n) is 7.05. The van der Waals surface area contributed by atoms with Crippen molar-refractivity contribution < 1.29 is 18.0 Å². The number of halogens is 3. The molecule has 12 heteroatoms. The third kappa shape index (κ3) is 3.43. The van der Waals surface area contributed by atoms with E-state index in [1.165, 1.54) is 11.3 Å². The number of carbonyl (C=O) groups is 1. The fourth-order valence-electron chi connectivity index (χ4n) is 2.26. The Hall–Kier alpha value is -2.63. The number of nitrogens with zero attached hydrogens (tertiary/aromatic N) is 6. The second kappa shape index (κ2) is 6.02. The van der Waals surface area contributed by atoms with Gasteiger partial charge in [0.25, 0.3) is 11.6 Å². The number of hydrogen-bond donors (Lipinski definition) is 1. The summed E-state index contributed by atoms with van der Waals surface area (Å²) in [6.45, 7) is 4.92. The zero-order valence-corrected chi connectivity index (χ0v) is 14.2. The number of amides is 1. The average molecular weight is 371 g/mol. The Bertz CT molecular complexity index is 963. The summed E-state index contributed by atoms with van der Waals surface area (Å²) in [6.07, 6.45) is -4.75. The van der Waals surface area contributed by atoms with Crippen LogP contribution in [-0.2, 0) is 17.4 Å². The smallest absolute Gasteiger partial charge is 0.300 e. The third-order valence-electron chi connectivity index (χ3n) is 3.41. The molecule has 1 N–H and O–H groups in total. The second-order valence-corrected chi connectivity index (χ2v) is 6.44. The molecule has 0 bridgehead atoms. The fraction of sp³-hybridized carbons (Fsp3) is 0.385. The van der Waals surface area contributed by atoms with Gasteiger partial charge in [-0.25, -0.2) is 9.50 Å². The summed E-state index contributed by atoms with van der Waals surface area (Å²) >= 11 is 1.22. The molecule has 0 fully saturated rings. The lowest BCUT2D eigenvalue weighted by molar-refractivity contribution is -0.144. The van der Waals surface area contributed by atoms with E-state index in [-0.39, 0.29) is 18.1 Å². The van der Waals surface area contributed by atoms with Crippen molar-refractivity contribution in [3.8, 4) is 0 Å². The maximum atomic E-state index is 12.8. The van der Waals surface area contributed by atoms with E-state index in [0.717, 1.165) is 4.52 Å². The Kier molecular flexibility index (Phi) is 4.14. The third-order valence-corrected chi connectivity index (χ3v) is 4.17. The van der Waals surface area contributed by atoms with Crippen LogP contribution < -0.4 is 5.32 Å². The van der Waals surface area contributed by atoms with Gasteiger partial charge in [0.2, 0.25) is 11.0 Å². The van der Waals surface area contributed by atoms with Crippen LogP contribution in [0.25, 0.3) is 5.78 Å². The molecule has 0 radical (unpaired) electrons. The van der Waals surface area contributed by atoms with Crippen molar-refractivity contribution in [3.63, 3.8) is 0 Å². The van der Waals surface area contributed by atoms with Gasteiger partial charge >= 0.3 is 6.18 Å². The highest BCUT2D eigenvalue weighted by Gasteiger charge is 2.37. The first-order chi connectivity index (χ1) is 11.6. The van der Waals surface area contributed by atoms with Gasteiger partial charge in [-0.05, 0) is 20.8 Å². The molecule has 3 aromatic rings. The lowest BCUT2D eigenvalue weighted by Crippen LogP contribution is -2.17. The quantitative estimate of drug-likeness (QED) is 0.757. The van der Waals surface area contributed by atoms with Crippen molar-refractivity contribution >= 4 is 28.2 Å². The van der Waals surface area contributed by atoms with E-state index in [2.05, 4.69) is 30.6 Å². The van der Waals surface area contributed by atoms with E-state index in [1.54, 1.807) is 20.8 Å². The van der Waals surface area contributed by atoms with Crippen molar-refractivity contribution in [1.29, 1.82) is 0 Å². The van der Waals surface area contributed by atoms with Crippen molar-refractivity contribution in [2.75, 3.05) is 5.32 Å². The van der Waals surface area contributed by atoms with Crippen LogP contribution >= 0.6 is 11.3 Å². The predicted octanol–water partition coefficient (Wildman–Crippen LogP) is 2.10. The number of aromatic nitrogens is 6. The minimum atomic E-state index is -4.67. The number of anilines is 1. The Morgan fingerprint density at radius 3 is 2.52 bits per heavy atom. The molecule has 8 nitrogen and oxygen atoms in total. The Balaban J connectivity index is 1.91. The zero-order chi connectivity index (χ0) is 18.4. The molecule has 1 amide bonds. The van der Waals surface area contributed by atoms with Gasteiger partial charge in [0, 0.05) is 17.0 Å². The summed E-state index contributed by atoms with van der Waals surface area (Å²) in [4.78, 5) is 19.6. The van der Waals surface area contributed by atoms with Gasteiger partial charge < -0.3 is 5.32 Å². The van der Waals surface area contributed by atoms with Crippen molar-refractivity contribution in [1.82, 2.24) is 29.8 Å². The minimum Gasteiger partial charge on any atom is -0.300 e. The van der Waals surface area contributed by atoms with Gasteiger partial charge in [-0.3, -0.25) is 4.79 Å². The van der Waals surface area contributed by atoms with Crippen LogP contribution in [0.4, 0.5) is 18.3 Å². The van der Waals surface area contributed by atoms with E-state index in [9.17, 15) is 18.0 Å². The Morgan fingerprint density at radius 2 is 1.92 bits per heavy atom. The molecule has 0 aromatic carbocycles. The predicted molar refractivity (Wildman–Crippen MR) is 82.2 cm³/mol. The molecule has 3 rings (SSSR count). The molecule has 0 unspecified atom stereocenters. The largest absolute Gasteiger partial charge is 0.453 e. The van der Waals surface area contributed by atoms with Crippen molar-refractivity contribution in [3.05, 3.63) is 27.8 Å². The van der Waals surface area contributed by atoms with Gasteiger partial charge in [0.1, 0.15) is 5.01 Å². The van der Waals surface area contributed by atoms with E-state index in [0.29, 0.717) is 27.1 Å². The molecule has 132 valence electrons. The monoisotopic (exact) mass is 371 g/mol. The average Bonchev–Trinajstić information content (AvgIpc) is 3.09. The summed E-state index contributed by atoms with van der Waals surface area (Å²) in [7, 11) is 0. The molecule has 3 heterocycles. The second-order valence-electron chi connectivity index (χ2n) is 5.26. The van der Waals surface area contributed by atoms with Gasteiger partial charge in [-0.2, -0.15) is 18.2 Å². The number of alkyl halides is 3. The number of carbonyl (C=O) groups excluding carboxylic acids is 1. The first-order valence-corrected chi connectivity index (χ1v) is 7.87. The standard InChI is InChI=1S/C13H12F3N7OS/c1-5-8(4-9(24)18-12-21-20-7(3)25-12)6(2)23-11(17-5)19-10(22-23)13(14,15)16/h4H2,1-3H3,(H,18,21,24). The van der Waals surface area contributed by atoms with E-state index in [1.807, 2.05) is 0 Å². The molecular formula is C13H12F3N7OS. The molecular weight excluding hydrogens is 359 g/mol. The van der Waals surface area contributed by atoms with Crippen LogP contribution in [0.3, 0.4) is 0 Å². The maximum absolute atomic E-state index is 12.8.